The average Bonchev–Trinajstić information content (AvgIpc) is 2.89. The van der Waals surface area contributed by atoms with Crippen LogP contribution in [-0.2, 0) is 16.1 Å². The number of benzene rings is 1. The molecule has 1 aliphatic carbocycles. The van der Waals surface area contributed by atoms with Gasteiger partial charge in [-0.15, -0.1) is 0 Å². The summed E-state index contributed by atoms with van der Waals surface area (Å²) in [5, 5.41) is 0. The van der Waals surface area contributed by atoms with Crippen molar-refractivity contribution >= 4 is 5.97 Å². The average molecular weight is 260 g/mol. The molecule has 0 bridgehead atoms. The van der Waals surface area contributed by atoms with E-state index in [4.69, 9.17) is 4.74 Å². The van der Waals surface area contributed by atoms with E-state index in [1.807, 2.05) is 30.3 Å². The van der Waals surface area contributed by atoms with Gasteiger partial charge in [-0.25, -0.2) is 0 Å². The number of hydrogen-bond acceptors (Lipinski definition) is 2. The molecule has 0 spiro atoms. The van der Waals surface area contributed by atoms with Crippen LogP contribution in [0.2, 0.25) is 0 Å². The van der Waals surface area contributed by atoms with E-state index in [2.05, 4.69) is 13.8 Å². The van der Waals surface area contributed by atoms with E-state index < -0.39 is 0 Å². The second-order valence-electron chi connectivity index (χ2n) is 5.61. The molecule has 104 valence electrons. The van der Waals surface area contributed by atoms with E-state index in [9.17, 15) is 4.79 Å². The molecule has 2 heteroatoms. The molecule has 1 saturated carbocycles. The van der Waals surface area contributed by atoms with Crippen LogP contribution >= 0.6 is 0 Å². The summed E-state index contributed by atoms with van der Waals surface area (Å²) in [7, 11) is 0. The monoisotopic (exact) mass is 260 g/mol. The summed E-state index contributed by atoms with van der Waals surface area (Å²) in [6, 6.07) is 9.91. The first-order chi connectivity index (χ1) is 9.24. The Morgan fingerprint density at radius 2 is 1.89 bits per heavy atom. The van der Waals surface area contributed by atoms with E-state index in [-0.39, 0.29) is 11.9 Å². The molecule has 1 aromatic carbocycles. The molecular weight excluding hydrogens is 236 g/mol. The lowest BCUT2D eigenvalue weighted by molar-refractivity contribution is -0.151. The minimum absolute atomic E-state index is 0.00616. The van der Waals surface area contributed by atoms with Crippen LogP contribution in [-0.4, -0.2) is 5.97 Å². The summed E-state index contributed by atoms with van der Waals surface area (Å²) in [6.07, 6.45) is 4.47. The Labute approximate surface area is 116 Å². The van der Waals surface area contributed by atoms with Crippen molar-refractivity contribution in [1.82, 2.24) is 0 Å². The van der Waals surface area contributed by atoms with Gasteiger partial charge in [0, 0.05) is 0 Å². The first kappa shape index (κ1) is 14.1. The van der Waals surface area contributed by atoms with Crippen LogP contribution in [0.5, 0.6) is 0 Å². The minimum atomic E-state index is 0.00616. The van der Waals surface area contributed by atoms with Gasteiger partial charge in [-0.05, 0) is 30.2 Å². The van der Waals surface area contributed by atoms with Crippen molar-refractivity contribution in [2.24, 2.45) is 17.8 Å². The summed E-state index contributed by atoms with van der Waals surface area (Å²) in [6.45, 7) is 4.80. The van der Waals surface area contributed by atoms with Gasteiger partial charge in [-0.1, -0.05) is 57.0 Å². The Kier molecular flexibility index (Phi) is 5.00. The zero-order chi connectivity index (χ0) is 13.7. The largest absolute Gasteiger partial charge is 0.461 e. The van der Waals surface area contributed by atoms with Crippen LogP contribution in [0, 0.1) is 17.8 Å². The number of rotatable bonds is 5. The predicted molar refractivity (Wildman–Crippen MR) is 76.5 cm³/mol. The molecule has 3 unspecified atom stereocenters. The zero-order valence-electron chi connectivity index (χ0n) is 12.0. The number of carbonyl (C=O) groups is 1. The molecule has 1 fully saturated rings. The summed E-state index contributed by atoms with van der Waals surface area (Å²) in [4.78, 5) is 12.2. The van der Waals surface area contributed by atoms with Gasteiger partial charge in [0.25, 0.3) is 0 Å². The van der Waals surface area contributed by atoms with Crippen molar-refractivity contribution in [3.8, 4) is 0 Å². The van der Waals surface area contributed by atoms with E-state index in [0.717, 1.165) is 18.4 Å². The normalized spacial score (nSPS) is 26.3. The lowest BCUT2D eigenvalue weighted by Gasteiger charge is -2.16. The molecule has 0 aromatic heterocycles. The standard InChI is InChI=1S/C17H24O2/c1-3-13-10-15(4-2)16(11-13)17(18)19-12-14-8-6-5-7-9-14/h5-9,13,15-16H,3-4,10-12H2,1-2H3. The minimum Gasteiger partial charge on any atom is -0.461 e. The van der Waals surface area contributed by atoms with Gasteiger partial charge in [0.2, 0.25) is 0 Å². The van der Waals surface area contributed by atoms with Crippen molar-refractivity contribution in [3.05, 3.63) is 35.9 Å². The SMILES string of the molecule is CCC1CC(CC)C(C(=O)OCc2ccccc2)C1. The van der Waals surface area contributed by atoms with Crippen LogP contribution in [0.15, 0.2) is 30.3 Å². The quantitative estimate of drug-likeness (QED) is 0.742. The molecule has 3 atom stereocenters. The summed E-state index contributed by atoms with van der Waals surface area (Å²) in [5.74, 6) is 1.36. The number of ether oxygens (including phenoxy) is 1. The zero-order valence-corrected chi connectivity index (χ0v) is 12.0. The molecule has 1 aromatic rings. The van der Waals surface area contributed by atoms with Crippen molar-refractivity contribution in [2.75, 3.05) is 0 Å². The highest BCUT2D eigenvalue weighted by molar-refractivity contribution is 5.73. The van der Waals surface area contributed by atoms with Crippen LogP contribution in [0.4, 0.5) is 0 Å². The van der Waals surface area contributed by atoms with Crippen LogP contribution in [0.1, 0.15) is 45.1 Å². The maximum Gasteiger partial charge on any atom is 0.309 e. The van der Waals surface area contributed by atoms with Gasteiger partial charge in [0.15, 0.2) is 0 Å². The highest BCUT2D eigenvalue weighted by Gasteiger charge is 2.37. The van der Waals surface area contributed by atoms with Crippen LogP contribution in [0.25, 0.3) is 0 Å². The smallest absolute Gasteiger partial charge is 0.309 e. The van der Waals surface area contributed by atoms with E-state index >= 15 is 0 Å². The third-order valence-corrected chi connectivity index (χ3v) is 4.42. The lowest BCUT2D eigenvalue weighted by Crippen LogP contribution is -2.21. The van der Waals surface area contributed by atoms with E-state index in [0.29, 0.717) is 18.4 Å². The fraction of sp³-hybridized carbons (Fsp3) is 0.588. The number of esters is 1. The van der Waals surface area contributed by atoms with Gasteiger partial charge in [-0.3, -0.25) is 4.79 Å². The maximum atomic E-state index is 12.2. The fourth-order valence-corrected chi connectivity index (χ4v) is 3.15. The lowest BCUT2D eigenvalue weighted by atomic mass is 9.94. The van der Waals surface area contributed by atoms with Crippen molar-refractivity contribution in [1.29, 1.82) is 0 Å². The first-order valence-corrected chi connectivity index (χ1v) is 7.45. The molecule has 0 heterocycles. The fourth-order valence-electron chi connectivity index (χ4n) is 3.15. The number of hydrogen-bond donors (Lipinski definition) is 0. The summed E-state index contributed by atoms with van der Waals surface area (Å²) < 4.78 is 5.50. The number of carbonyl (C=O) groups excluding carboxylic acids is 1. The molecule has 0 aliphatic heterocycles. The van der Waals surface area contributed by atoms with Gasteiger partial charge >= 0.3 is 5.97 Å². The molecule has 19 heavy (non-hydrogen) atoms. The Morgan fingerprint density at radius 1 is 1.16 bits per heavy atom. The Bertz CT molecular complexity index is 399. The highest BCUT2D eigenvalue weighted by atomic mass is 16.5. The maximum absolute atomic E-state index is 12.2. The van der Waals surface area contributed by atoms with Gasteiger partial charge in [0.1, 0.15) is 6.61 Å². The van der Waals surface area contributed by atoms with Gasteiger partial charge in [0.05, 0.1) is 5.92 Å². The molecule has 1 aliphatic rings. The molecular formula is C17H24O2. The van der Waals surface area contributed by atoms with E-state index in [1.165, 1.54) is 12.8 Å². The second kappa shape index (κ2) is 6.74. The molecule has 0 saturated heterocycles. The van der Waals surface area contributed by atoms with Crippen molar-refractivity contribution in [3.63, 3.8) is 0 Å². The molecule has 0 radical (unpaired) electrons. The van der Waals surface area contributed by atoms with Gasteiger partial charge in [-0.2, -0.15) is 0 Å². The van der Waals surface area contributed by atoms with Crippen LogP contribution < -0.4 is 0 Å². The first-order valence-electron chi connectivity index (χ1n) is 7.45. The van der Waals surface area contributed by atoms with Crippen molar-refractivity contribution in [2.45, 2.75) is 46.1 Å². The highest BCUT2D eigenvalue weighted by Crippen LogP contribution is 2.40. The molecule has 0 amide bonds. The third-order valence-electron chi connectivity index (χ3n) is 4.42. The second-order valence-corrected chi connectivity index (χ2v) is 5.61. The van der Waals surface area contributed by atoms with Crippen molar-refractivity contribution < 1.29 is 9.53 Å². The Morgan fingerprint density at radius 3 is 2.53 bits per heavy atom. The molecule has 2 rings (SSSR count). The third kappa shape index (κ3) is 3.59. The molecule has 2 nitrogen and oxygen atoms in total. The topological polar surface area (TPSA) is 26.3 Å². The van der Waals surface area contributed by atoms with E-state index in [1.54, 1.807) is 0 Å². The predicted octanol–water partition coefficient (Wildman–Crippen LogP) is 4.19. The molecule has 0 N–H and O–H groups in total. The van der Waals surface area contributed by atoms with Gasteiger partial charge < -0.3 is 4.74 Å². The summed E-state index contributed by atoms with van der Waals surface area (Å²) in [5.41, 5.74) is 1.06. The Balaban J connectivity index is 1.89. The summed E-state index contributed by atoms with van der Waals surface area (Å²) >= 11 is 0. The Hall–Kier alpha value is -1.31. The van der Waals surface area contributed by atoms with Crippen LogP contribution in [0.3, 0.4) is 0 Å².